The Morgan fingerprint density at radius 1 is 1.24 bits per heavy atom. The molecule has 3 unspecified atom stereocenters. The first-order chi connectivity index (χ1) is 13.8. The minimum Gasteiger partial charge on any atom is -0.481 e. The molecule has 8 heteroatoms. The van der Waals surface area contributed by atoms with Crippen LogP contribution in [-0.4, -0.2) is 36.7 Å². The van der Waals surface area contributed by atoms with Gasteiger partial charge in [-0.05, 0) is 37.0 Å². The summed E-state index contributed by atoms with van der Waals surface area (Å²) in [5.74, 6) is -3.43. The number of ketones is 1. The topological polar surface area (TPSA) is 111 Å². The lowest BCUT2D eigenvalue weighted by Gasteiger charge is -2.37. The van der Waals surface area contributed by atoms with Gasteiger partial charge in [0, 0.05) is 22.9 Å². The van der Waals surface area contributed by atoms with Crippen LogP contribution in [0.15, 0.2) is 40.7 Å². The van der Waals surface area contributed by atoms with Gasteiger partial charge in [-0.25, -0.2) is 4.79 Å². The number of methoxy groups -OCH3 is 1. The van der Waals surface area contributed by atoms with E-state index in [-0.39, 0.29) is 18.3 Å². The number of fused-ring (bicyclic) bond motifs is 1. The van der Waals surface area contributed by atoms with Gasteiger partial charge in [-0.15, -0.1) is 0 Å². The Bertz CT molecular complexity index is 991. The number of carbonyl (C=O) groups is 3. The first kappa shape index (κ1) is 19.0. The number of nitrogens with one attached hydrogen (secondary N) is 1. The maximum atomic E-state index is 13.3. The van der Waals surface area contributed by atoms with Crippen LogP contribution in [0.2, 0.25) is 0 Å². The van der Waals surface area contributed by atoms with E-state index < -0.39 is 29.6 Å². The molecule has 29 heavy (non-hydrogen) atoms. The zero-order valence-electron chi connectivity index (χ0n) is 16.3. The maximum Gasteiger partial charge on any atom is 0.336 e. The summed E-state index contributed by atoms with van der Waals surface area (Å²) in [6, 6.07) is 5.19. The molecule has 8 nitrogen and oxygen atoms in total. The predicted octanol–water partition coefficient (Wildman–Crippen LogP) is 2.11. The molecule has 0 amide bonds. The fraction of sp³-hybridized carbons (Fsp3) is 0.381. The van der Waals surface area contributed by atoms with Gasteiger partial charge >= 0.3 is 11.9 Å². The van der Waals surface area contributed by atoms with Crippen LogP contribution in [0.1, 0.15) is 31.7 Å². The van der Waals surface area contributed by atoms with Gasteiger partial charge in [-0.2, -0.15) is 0 Å². The Balaban J connectivity index is 1.90. The van der Waals surface area contributed by atoms with Crippen molar-refractivity contribution in [3.63, 3.8) is 0 Å². The molecule has 0 fully saturated rings. The van der Waals surface area contributed by atoms with Gasteiger partial charge in [0.1, 0.15) is 5.92 Å². The zero-order valence-corrected chi connectivity index (χ0v) is 16.3. The molecular weight excluding hydrogens is 378 g/mol. The van der Waals surface area contributed by atoms with E-state index in [4.69, 9.17) is 14.2 Å². The van der Waals surface area contributed by atoms with Crippen molar-refractivity contribution in [2.75, 3.05) is 13.9 Å². The Kier molecular flexibility index (Phi) is 4.56. The second-order valence-corrected chi connectivity index (χ2v) is 7.45. The molecule has 1 aromatic carbocycles. The summed E-state index contributed by atoms with van der Waals surface area (Å²) in [4.78, 5) is 37.7. The van der Waals surface area contributed by atoms with Crippen LogP contribution in [0.4, 0.5) is 0 Å². The minimum atomic E-state index is -1.16. The summed E-state index contributed by atoms with van der Waals surface area (Å²) in [6.07, 6.45) is 0.394. The molecule has 0 bridgehead atoms. The highest BCUT2D eigenvalue weighted by molar-refractivity contribution is 6.12. The molecule has 0 spiro atoms. The molecule has 1 aliphatic carbocycles. The van der Waals surface area contributed by atoms with E-state index in [0.29, 0.717) is 40.5 Å². The van der Waals surface area contributed by atoms with Crippen LogP contribution in [-0.2, 0) is 19.1 Å². The molecule has 2 heterocycles. The lowest BCUT2D eigenvalue weighted by molar-refractivity contribution is -0.147. The summed E-state index contributed by atoms with van der Waals surface area (Å²) >= 11 is 0. The Labute approximate surface area is 167 Å². The second-order valence-electron chi connectivity index (χ2n) is 7.45. The summed E-state index contributed by atoms with van der Waals surface area (Å²) in [7, 11) is 1.27. The SMILES string of the molecule is COC(=O)C1=C(C)NC2=C(C(=O)C(C(=O)O)C(C)C2)C1c1ccc2c(c1)OCO2. The van der Waals surface area contributed by atoms with Crippen molar-refractivity contribution >= 4 is 17.7 Å². The van der Waals surface area contributed by atoms with Gasteiger partial charge in [-0.1, -0.05) is 13.0 Å². The van der Waals surface area contributed by atoms with Crippen LogP contribution >= 0.6 is 0 Å². The predicted molar refractivity (Wildman–Crippen MR) is 100 cm³/mol. The number of allylic oxidation sites excluding steroid dienone is 3. The molecule has 2 aliphatic heterocycles. The molecule has 2 N–H and O–H groups in total. The summed E-state index contributed by atoms with van der Waals surface area (Å²) in [5, 5.41) is 12.8. The molecule has 152 valence electrons. The smallest absolute Gasteiger partial charge is 0.336 e. The van der Waals surface area contributed by atoms with Crippen LogP contribution in [0.5, 0.6) is 11.5 Å². The van der Waals surface area contributed by atoms with Crippen molar-refractivity contribution in [2.45, 2.75) is 26.2 Å². The summed E-state index contributed by atoms with van der Waals surface area (Å²) in [6.45, 7) is 3.58. The second kappa shape index (κ2) is 6.95. The molecule has 0 radical (unpaired) electrons. The van der Waals surface area contributed by atoms with E-state index in [9.17, 15) is 19.5 Å². The van der Waals surface area contributed by atoms with Crippen molar-refractivity contribution in [1.82, 2.24) is 5.32 Å². The number of aliphatic carboxylic acids is 1. The number of carboxylic acid groups (broad SMARTS) is 1. The standard InChI is InChI=1S/C21H21NO7/c1-9-6-12-18(19(23)15(9)20(24)25)17(16(10(2)22-12)21(26)27-3)11-4-5-13-14(7-11)29-8-28-13/h4-5,7,9,15,17,22H,6,8H2,1-3H3,(H,24,25). The van der Waals surface area contributed by atoms with Crippen LogP contribution < -0.4 is 14.8 Å². The monoisotopic (exact) mass is 399 g/mol. The molecular formula is C21H21NO7. The molecule has 1 aromatic rings. The van der Waals surface area contributed by atoms with E-state index in [1.54, 1.807) is 32.0 Å². The number of carboxylic acids is 1. The number of rotatable bonds is 3. The van der Waals surface area contributed by atoms with Crippen LogP contribution in [0.25, 0.3) is 0 Å². The van der Waals surface area contributed by atoms with Gasteiger partial charge in [0.05, 0.1) is 12.7 Å². The number of hydrogen-bond donors (Lipinski definition) is 2. The molecule has 4 rings (SSSR count). The third kappa shape index (κ3) is 2.95. The number of carbonyl (C=O) groups excluding carboxylic acids is 2. The summed E-state index contributed by atoms with van der Waals surface area (Å²) < 4.78 is 15.8. The Morgan fingerprint density at radius 2 is 1.97 bits per heavy atom. The molecule has 3 aliphatic rings. The van der Waals surface area contributed by atoms with Crippen molar-refractivity contribution in [1.29, 1.82) is 0 Å². The van der Waals surface area contributed by atoms with Crippen LogP contribution in [0, 0.1) is 11.8 Å². The van der Waals surface area contributed by atoms with Gasteiger partial charge in [0.2, 0.25) is 6.79 Å². The molecule has 3 atom stereocenters. The number of esters is 1. The zero-order chi connectivity index (χ0) is 20.9. The number of benzene rings is 1. The first-order valence-corrected chi connectivity index (χ1v) is 9.29. The fourth-order valence-electron chi connectivity index (χ4n) is 4.38. The van der Waals surface area contributed by atoms with E-state index in [0.717, 1.165) is 0 Å². The van der Waals surface area contributed by atoms with Crippen molar-refractivity contribution in [2.24, 2.45) is 11.8 Å². The van der Waals surface area contributed by atoms with E-state index in [1.807, 2.05) is 0 Å². The lowest BCUT2D eigenvalue weighted by Crippen LogP contribution is -2.42. The minimum absolute atomic E-state index is 0.0925. The average Bonchev–Trinajstić information content (AvgIpc) is 3.13. The van der Waals surface area contributed by atoms with E-state index in [2.05, 4.69) is 5.32 Å². The molecule has 0 aromatic heterocycles. The van der Waals surface area contributed by atoms with Crippen molar-refractivity contribution in [3.05, 3.63) is 46.3 Å². The van der Waals surface area contributed by atoms with E-state index in [1.165, 1.54) is 7.11 Å². The Morgan fingerprint density at radius 3 is 2.66 bits per heavy atom. The largest absolute Gasteiger partial charge is 0.481 e. The van der Waals surface area contributed by atoms with Gasteiger partial charge in [0.25, 0.3) is 0 Å². The van der Waals surface area contributed by atoms with Crippen molar-refractivity contribution < 1.29 is 33.7 Å². The van der Waals surface area contributed by atoms with Gasteiger partial charge < -0.3 is 24.6 Å². The van der Waals surface area contributed by atoms with Gasteiger partial charge in [0.15, 0.2) is 17.3 Å². The fourth-order valence-corrected chi connectivity index (χ4v) is 4.38. The third-order valence-electron chi connectivity index (χ3n) is 5.69. The first-order valence-electron chi connectivity index (χ1n) is 9.29. The third-order valence-corrected chi connectivity index (χ3v) is 5.69. The number of Topliss-reactive ketones (excluding diaryl/α,β-unsaturated/α-hetero) is 1. The average molecular weight is 399 g/mol. The molecule has 0 saturated carbocycles. The van der Waals surface area contributed by atoms with Crippen LogP contribution in [0.3, 0.4) is 0 Å². The lowest BCUT2D eigenvalue weighted by atomic mass is 9.69. The number of dihydropyridines is 1. The normalized spacial score (nSPS) is 25.5. The highest BCUT2D eigenvalue weighted by Crippen LogP contribution is 2.47. The highest BCUT2D eigenvalue weighted by Gasteiger charge is 2.47. The molecule has 0 saturated heterocycles. The quantitative estimate of drug-likeness (QED) is 0.587. The highest BCUT2D eigenvalue weighted by atomic mass is 16.7. The van der Waals surface area contributed by atoms with Gasteiger partial charge in [-0.3, -0.25) is 9.59 Å². The number of ether oxygens (including phenoxy) is 3. The Hall–Kier alpha value is -3.29. The van der Waals surface area contributed by atoms with Crippen molar-refractivity contribution in [3.8, 4) is 11.5 Å². The van der Waals surface area contributed by atoms with E-state index >= 15 is 0 Å². The summed E-state index contributed by atoms with van der Waals surface area (Å²) in [5.41, 5.74) is 2.42. The maximum absolute atomic E-state index is 13.3. The number of hydrogen-bond acceptors (Lipinski definition) is 7.